The molecule has 1 aliphatic rings. The second-order valence-corrected chi connectivity index (χ2v) is 4.70. The van der Waals surface area contributed by atoms with Crippen LogP contribution in [0.3, 0.4) is 0 Å². The molecule has 3 nitrogen and oxygen atoms in total. The zero-order valence-corrected chi connectivity index (χ0v) is 10.2. The van der Waals surface area contributed by atoms with Gasteiger partial charge in [-0.2, -0.15) is 4.39 Å². The van der Waals surface area contributed by atoms with Gasteiger partial charge in [0.15, 0.2) is 11.0 Å². The highest BCUT2D eigenvalue weighted by atomic mass is 35.5. The summed E-state index contributed by atoms with van der Waals surface area (Å²) >= 11 is 5.68. The van der Waals surface area contributed by atoms with Crippen LogP contribution in [0.1, 0.15) is 33.1 Å². The van der Waals surface area contributed by atoms with E-state index in [9.17, 15) is 4.39 Å². The zero-order chi connectivity index (χ0) is 11.7. The fourth-order valence-electron chi connectivity index (χ4n) is 2.36. The van der Waals surface area contributed by atoms with Crippen LogP contribution >= 0.6 is 11.6 Å². The first-order valence-corrected chi connectivity index (χ1v) is 5.93. The van der Waals surface area contributed by atoms with E-state index in [1.165, 1.54) is 12.7 Å². The monoisotopic (exact) mass is 243 g/mol. The number of piperidine rings is 1. The molecule has 1 fully saturated rings. The quantitative estimate of drug-likeness (QED) is 0.710. The molecule has 0 saturated carbocycles. The van der Waals surface area contributed by atoms with Crippen molar-refractivity contribution >= 4 is 17.4 Å². The smallest absolute Gasteiger partial charge is 0.202 e. The maximum Gasteiger partial charge on any atom is 0.202 e. The first-order chi connectivity index (χ1) is 7.61. The third-order valence-electron chi connectivity index (χ3n) is 3.17. The minimum atomic E-state index is -0.509. The van der Waals surface area contributed by atoms with Crippen molar-refractivity contribution in [3.05, 3.63) is 17.3 Å². The zero-order valence-electron chi connectivity index (χ0n) is 9.45. The first kappa shape index (κ1) is 11.6. The Morgan fingerprint density at radius 1 is 1.31 bits per heavy atom. The van der Waals surface area contributed by atoms with Crippen molar-refractivity contribution in [1.29, 1.82) is 0 Å². The molecule has 2 atom stereocenters. The average Bonchev–Trinajstić information content (AvgIpc) is 2.24. The Hall–Kier alpha value is -0.900. The van der Waals surface area contributed by atoms with E-state index >= 15 is 0 Å². The Balaban J connectivity index is 2.38. The molecule has 5 heteroatoms. The van der Waals surface area contributed by atoms with Gasteiger partial charge in [-0.25, -0.2) is 9.97 Å². The molecule has 16 heavy (non-hydrogen) atoms. The van der Waals surface area contributed by atoms with Gasteiger partial charge in [-0.1, -0.05) is 11.6 Å². The van der Waals surface area contributed by atoms with Crippen molar-refractivity contribution in [2.45, 2.75) is 45.2 Å². The molecule has 0 unspecified atom stereocenters. The van der Waals surface area contributed by atoms with Crippen LogP contribution in [0.25, 0.3) is 0 Å². The van der Waals surface area contributed by atoms with Crippen LogP contribution in [0.2, 0.25) is 5.15 Å². The summed E-state index contributed by atoms with van der Waals surface area (Å²) in [7, 11) is 0. The summed E-state index contributed by atoms with van der Waals surface area (Å²) in [5.41, 5.74) is 0. The Kier molecular flexibility index (Phi) is 3.28. The lowest BCUT2D eigenvalue weighted by molar-refractivity contribution is 0.404. The standard InChI is InChI=1S/C11H15ClFN3/c1-7-4-3-5-8(2)16(7)11-9(13)10(12)14-6-15-11/h6-8H,3-5H2,1-2H3/t7-,8+. The topological polar surface area (TPSA) is 29.0 Å². The number of hydrogen-bond acceptors (Lipinski definition) is 3. The summed E-state index contributed by atoms with van der Waals surface area (Å²) in [5.74, 6) is -0.176. The lowest BCUT2D eigenvalue weighted by Crippen LogP contribution is -2.44. The molecule has 2 rings (SSSR count). The van der Waals surface area contributed by atoms with Crippen molar-refractivity contribution in [3.63, 3.8) is 0 Å². The predicted molar refractivity (Wildman–Crippen MR) is 62.3 cm³/mol. The third kappa shape index (κ3) is 1.98. The van der Waals surface area contributed by atoms with E-state index in [-0.39, 0.29) is 5.15 Å². The van der Waals surface area contributed by atoms with Crippen LogP contribution in [0.4, 0.5) is 10.2 Å². The lowest BCUT2D eigenvalue weighted by atomic mass is 9.97. The van der Waals surface area contributed by atoms with Gasteiger partial charge < -0.3 is 4.90 Å². The second kappa shape index (κ2) is 4.53. The van der Waals surface area contributed by atoms with Crippen molar-refractivity contribution in [2.24, 2.45) is 0 Å². The van der Waals surface area contributed by atoms with E-state index in [1.54, 1.807) is 0 Å². The number of aromatic nitrogens is 2. The molecule has 0 aliphatic carbocycles. The second-order valence-electron chi connectivity index (χ2n) is 4.34. The SMILES string of the molecule is C[C@@H]1CCC[C@H](C)N1c1ncnc(Cl)c1F. The van der Waals surface area contributed by atoms with Crippen LogP contribution in [0.5, 0.6) is 0 Å². The fourth-order valence-corrected chi connectivity index (χ4v) is 2.49. The minimum Gasteiger partial charge on any atom is -0.349 e. The summed E-state index contributed by atoms with van der Waals surface area (Å²) in [6.07, 6.45) is 4.62. The average molecular weight is 244 g/mol. The molecule has 1 aromatic rings. The van der Waals surface area contributed by atoms with E-state index in [1.807, 2.05) is 4.90 Å². The molecule has 0 spiro atoms. The third-order valence-corrected chi connectivity index (χ3v) is 3.43. The molecule has 0 amide bonds. The van der Waals surface area contributed by atoms with Crippen LogP contribution in [-0.4, -0.2) is 22.1 Å². The normalized spacial score (nSPS) is 25.9. The van der Waals surface area contributed by atoms with Gasteiger partial charge in [0.25, 0.3) is 0 Å². The molecule has 0 N–H and O–H groups in total. The van der Waals surface area contributed by atoms with Crippen LogP contribution in [0, 0.1) is 5.82 Å². The molecule has 88 valence electrons. The van der Waals surface area contributed by atoms with E-state index < -0.39 is 5.82 Å². The number of nitrogens with zero attached hydrogens (tertiary/aromatic N) is 3. The molecule has 1 aromatic heterocycles. The van der Waals surface area contributed by atoms with E-state index in [0.717, 1.165) is 12.8 Å². The van der Waals surface area contributed by atoms with Crippen molar-refractivity contribution in [1.82, 2.24) is 9.97 Å². The van der Waals surface area contributed by atoms with Gasteiger partial charge in [0.1, 0.15) is 6.33 Å². The molecule has 1 saturated heterocycles. The summed E-state index contributed by atoms with van der Waals surface area (Å²) < 4.78 is 13.8. The molecule has 0 aromatic carbocycles. The number of rotatable bonds is 1. The summed E-state index contributed by atoms with van der Waals surface area (Å²) in [6.45, 7) is 4.18. The molecular formula is C11H15ClFN3. The van der Waals surface area contributed by atoms with E-state index in [0.29, 0.717) is 17.9 Å². The van der Waals surface area contributed by atoms with Gasteiger partial charge in [0.2, 0.25) is 5.82 Å². The maximum absolute atomic E-state index is 13.8. The Morgan fingerprint density at radius 2 is 1.94 bits per heavy atom. The highest BCUT2D eigenvalue weighted by Crippen LogP contribution is 2.30. The largest absolute Gasteiger partial charge is 0.349 e. The van der Waals surface area contributed by atoms with Gasteiger partial charge in [0.05, 0.1) is 0 Å². The van der Waals surface area contributed by atoms with Crippen molar-refractivity contribution in [2.75, 3.05) is 4.90 Å². The van der Waals surface area contributed by atoms with Gasteiger partial charge in [0, 0.05) is 12.1 Å². The lowest BCUT2D eigenvalue weighted by Gasteiger charge is -2.39. The first-order valence-electron chi connectivity index (χ1n) is 5.55. The van der Waals surface area contributed by atoms with E-state index in [4.69, 9.17) is 11.6 Å². The van der Waals surface area contributed by atoms with E-state index in [2.05, 4.69) is 23.8 Å². The molecule has 1 aliphatic heterocycles. The van der Waals surface area contributed by atoms with Gasteiger partial charge in [-0.05, 0) is 33.1 Å². The molecule has 0 bridgehead atoms. The number of hydrogen-bond donors (Lipinski definition) is 0. The van der Waals surface area contributed by atoms with Crippen LogP contribution < -0.4 is 4.90 Å². The number of halogens is 2. The van der Waals surface area contributed by atoms with Gasteiger partial charge >= 0.3 is 0 Å². The molecule has 0 radical (unpaired) electrons. The maximum atomic E-state index is 13.8. The van der Waals surface area contributed by atoms with Crippen molar-refractivity contribution < 1.29 is 4.39 Å². The summed E-state index contributed by atoms with van der Waals surface area (Å²) in [6, 6.07) is 0.591. The fraction of sp³-hybridized carbons (Fsp3) is 0.636. The summed E-state index contributed by atoms with van der Waals surface area (Å²) in [4.78, 5) is 9.66. The van der Waals surface area contributed by atoms with Crippen molar-refractivity contribution in [3.8, 4) is 0 Å². The number of anilines is 1. The molecular weight excluding hydrogens is 229 g/mol. The highest BCUT2D eigenvalue weighted by Gasteiger charge is 2.28. The Morgan fingerprint density at radius 3 is 2.56 bits per heavy atom. The van der Waals surface area contributed by atoms with Crippen LogP contribution in [0.15, 0.2) is 6.33 Å². The minimum absolute atomic E-state index is 0.102. The Labute approximate surface area is 99.6 Å². The molecule has 2 heterocycles. The predicted octanol–water partition coefficient (Wildman–Crippen LogP) is 3.04. The van der Waals surface area contributed by atoms with Gasteiger partial charge in [-0.15, -0.1) is 0 Å². The van der Waals surface area contributed by atoms with Gasteiger partial charge in [-0.3, -0.25) is 0 Å². The van der Waals surface area contributed by atoms with Crippen LogP contribution in [-0.2, 0) is 0 Å². The highest BCUT2D eigenvalue weighted by molar-refractivity contribution is 6.29. The summed E-state index contributed by atoms with van der Waals surface area (Å²) in [5, 5.41) is -0.102. The Bertz CT molecular complexity index is 375.